The van der Waals surface area contributed by atoms with Crippen LogP contribution in [0.1, 0.15) is 25.3 Å². The summed E-state index contributed by atoms with van der Waals surface area (Å²) in [6.45, 7) is 4.72. The van der Waals surface area contributed by atoms with Gasteiger partial charge in [-0.2, -0.15) is 0 Å². The van der Waals surface area contributed by atoms with Crippen LogP contribution in [-0.2, 0) is 6.54 Å². The molecule has 0 aliphatic carbocycles. The summed E-state index contributed by atoms with van der Waals surface area (Å²) in [5.41, 5.74) is 1.11. The highest BCUT2D eigenvalue weighted by atomic mass is 35.5. The van der Waals surface area contributed by atoms with Gasteiger partial charge in [0.1, 0.15) is 5.75 Å². The average molecular weight is 284 g/mol. The predicted octanol–water partition coefficient (Wildman–Crippen LogP) is 2.94. The lowest BCUT2D eigenvalue weighted by molar-refractivity contribution is 0.0596. The van der Waals surface area contributed by atoms with E-state index in [1.807, 2.05) is 25.1 Å². The molecule has 1 heterocycles. The summed E-state index contributed by atoms with van der Waals surface area (Å²) in [5.74, 6) is 1.25. The summed E-state index contributed by atoms with van der Waals surface area (Å²) in [6.07, 6.45) is 2.02. The molecule has 0 amide bonds. The van der Waals surface area contributed by atoms with Gasteiger partial charge >= 0.3 is 0 Å². The first-order valence-electron chi connectivity index (χ1n) is 6.83. The first kappa shape index (κ1) is 14.6. The van der Waals surface area contributed by atoms with Gasteiger partial charge in [0.15, 0.2) is 0 Å². The van der Waals surface area contributed by atoms with Crippen LogP contribution in [0.15, 0.2) is 18.2 Å². The number of likely N-dealkylation sites (tertiary alicyclic amines) is 1. The van der Waals surface area contributed by atoms with E-state index in [0.29, 0.717) is 5.92 Å². The molecule has 0 saturated carbocycles. The fourth-order valence-corrected chi connectivity index (χ4v) is 2.93. The van der Waals surface area contributed by atoms with E-state index in [2.05, 4.69) is 4.90 Å². The number of benzene rings is 1. The lowest BCUT2D eigenvalue weighted by Gasteiger charge is -2.34. The van der Waals surface area contributed by atoms with Gasteiger partial charge in [-0.3, -0.25) is 4.90 Å². The largest absolute Gasteiger partial charge is 0.496 e. The third kappa shape index (κ3) is 3.85. The summed E-state index contributed by atoms with van der Waals surface area (Å²) in [7, 11) is 1.68. The number of nitrogens with zero attached hydrogens (tertiary/aromatic N) is 1. The van der Waals surface area contributed by atoms with Gasteiger partial charge in [-0.05, 0) is 50.4 Å². The van der Waals surface area contributed by atoms with Crippen molar-refractivity contribution in [1.29, 1.82) is 0 Å². The molecule has 0 spiro atoms. The Morgan fingerprint density at radius 1 is 1.53 bits per heavy atom. The topological polar surface area (TPSA) is 32.7 Å². The number of hydrogen-bond donors (Lipinski definition) is 1. The van der Waals surface area contributed by atoms with Crippen LogP contribution in [0.5, 0.6) is 5.75 Å². The van der Waals surface area contributed by atoms with E-state index >= 15 is 0 Å². The number of ether oxygens (including phenoxy) is 1. The van der Waals surface area contributed by atoms with Crippen LogP contribution in [-0.4, -0.2) is 36.3 Å². The monoisotopic (exact) mass is 283 g/mol. The van der Waals surface area contributed by atoms with Crippen molar-refractivity contribution >= 4 is 11.6 Å². The minimum atomic E-state index is -0.232. The maximum Gasteiger partial charge on any atom is 0.123 e. The van der Waals surface area contributed by atoms with Gasteiger partial charge < -0.3 is 9.84 Å². The van der Waals surface area contributed by atoms with Crippen LogP contribution in [0, 0.1) is 5.92 Å². The molecule has 0 bridgehead atoms. The van der Waals surface area contributed by atoms with Crippen LogP contribution >= 0.6 is 11.6 Å². The Labute approximate surface area is 120 Å². The standard InChI is InChI=1S/C15H22ClNO2/c1-11(18)12-4-3-7-17(9-12)10-13-8-14(16)5-6-15(13)19-2/h5-6,8,11-12,18H,3-4,7,9-10H2,1-2H3. The third-order valence-electron chi connectivity index (χ3n) is 3.86. The molecule has 1 fully saturated rings. The Hall–Kier alpha value is -0.770. The van der Waals surface area contributed by atoms with E-state index < -0.39 is 0 Å². The molecule has 1 aliphatic rings. The van der Waals surface area contributed by atoms with E-state index in [0.717, 1.165) is 48.8 Å². The summed E-state index contributed by atoms with van der Waals surface area (Å²) in [6, 6.07) is 5.72. The zero-order valence-corrected chi connectivity index (χ0v) is 12.4. The minimum absolute atomic E-state index is 0.232. The smallest absolute Gasteiger partial charge is 0.123 e. The fourth-order valence-electron chi connectivity index (χ4n) is 2.74. The Morgan fingerprint density at radius 2 is 2.32 bits per heavy atom. The maximum absolute atomic E-state index is 9.73. The van der Waals surface area contributed by atoms with Gasteiger partial charge in [-0.1, -0.05) is 11.6 Å². The first-order valence-corrected chi connectivity index (χ1v) is 7.20. The van der Waals surface area contributed by atoms with Gasteiger partial charge in [0.2, 0.25) is 0 Å². The number of rotatable bonds is 4. The van der Waals surface area contributed by atoms with Crippen molar-refractivity contribution in [3.63, 3.8) is 0 Å². The summed E-state index contributed by atoms with van der Waals surface area (Å²) in [5, 5.41) is 10.5. The summed E-state index contributed by atoms with van der Waals surface area (Å²) >= 11 is 6.06. The van der Waals surface area contributed by atoms with Crippen molar-refractivity contribution in [1.82, 2.24) is 4.90 Å². The molecule has 1 aromatic rings. The Balaban J connectivity index is 2.06. The van der Waals surface area contributed by atoms with Crippen molar-refractivity contribution < 1.29 is 9.84 Å². The molecule has 2 rings (SSSR count). The summed E-state index contributed by atoms with van der Waals surface area (Å²) < 4.78 is 5.38. The van der Waals surface area contributed by atoms with Crippen LogP contribution < -0.4 is 4.74 Å². The highest BCUT2D eigenvalue weighted by Crippen LogP contribution is 2.27. The zero-order valence-electron chi connectivity index (χ0n) is 11.6. The van der Waals surface area contributed by atoms with Gasteiger partial charge in [0.25, 0.3) is 0 Å². The van der Waals surface area contributed by atoms with E-state index in [9.17, 15) is 5.11 Å². The number of hydrogen-bond acceptors (Lipinski definition) is 3. The maximum atomic E-state index is 9.73. The fraction of sp³-hybridized carbons (Fsp3) is 0.600. The molecule has 1 saturated heterocycles. The second-order valence-corrected chi connectivity index (χ2v) is 5.77. The van der Waals surface area contributed by atoms with Crippen LogP contribution in [0.3, 0.4) is 0 Å². The number of aliphatic hydroxyl groups excluding tert-OH is 1. The molecule has 0 radical (unpaired) electrons. The minimum Gasteiger partial charge on any atom is -0.496 e. The third-order valence-corrected chi connectivity index (χ3v) is 4.10. The Kier molecular flexibility index (Phi) is 5.08. The highest BCUT2D eigenvalue weighted by molar-refractivity contribution is 6.30. The van der Waals surface area contributed by atoms with Crippen molar-refractivity contribution in [2.24, 2.45) is 5.92 Å². The molecule has 4 heteroatoms. The number of piperidine rings is 1. The van der Waals surface area contributed by atoms with Crippen molar-refractivity contribution in [3.05, 3.63) is 28.8 Å². The van der Waals surface area contributed by atoms with E-state index in [1.165, 1.54) is 0 Å². The average Bonchev–Trinajstić information content (AvgIpc) is 2.39. The molecular formula is C15H22ClNO2. The van der Waals surface area contributed by atoms with Gasteiger partial charge in [-0.15, -0.1) is 0 Å². The van der Waals surface area contributed by atoms with E-state index in [1.54, 1.807) is 7.11 Å². The van der Waals surface area contributed by atoms with Crippen molar-refractivity contribution in [2.75, 3.05) is 20.2 Å². The molecule has 1 aromatic carbocycles. The zero-order chi connectivity index (χ0) is 13.8. The van der Waals surface area contributed by atoms with Gasteiger partial charge in [0.05, 0.1) is 13.2 Å². The molecule has 2 unspecified atom stereocenters. The van der Waals surface area contributed by atoms with Crippen LogP contribution in [0.25, 0.3) is 0 Å². The SMILES string of the molecule is COc1ccc(Cl)cc1CN1CCCC(C(C)O)C1. The Morgan fingerprint density at radius 3 is 3.00 bits per heavy atom. The van der Waals surface area contributed by atoms with Crippen LogP contribution in [0.2, 0.25) is 5.02 Å². The number of halogens is 1. The van der Waals surface area contributed by atoms with E-state index in [-0.39, 0.29) is 6.10 Å². The van der Waals surface area contributed by atoms with Crippen LogP contribution in [0.4, 0.5) is 0 Å². The normalized spacial score (nSPS) is 22.2. The second-order valence-electron chi connectivity index (χ2n) is 5.33. The highest BCUT2D eigenvalue weighted by Gasteiger charge is 2.24. The summed E-state index contributed by atoms with van der Waals surface area (Å²) in [4.78, 5) is 2.37. The molecule has 1 N–H and O–H groups in total. The van der Waals surface area contributed by atoms with Gasteiger partial charge in [-0.25, -0.2) is 0 Å². The number of aliphatic hydroxyl groups is 1. The quantitative estimate of drug-likeness (QED) is 0.922. The molecular weight excluding hydrogens is 262 g/mol. The van der Waals surface area contributed by atoms with Crippen molar-refractivity contribution in [2.45, 2.75) is 32.4 Å². The molecule has 19 heavy (non-hydrogen) atoms. The molecule has 2 atom stereocenters. The van der Waals surface area contributed by atoms with E-state index in [4.69, 9.17) is 16.3 Å². The van der Waals surface area contributed by atoms with Crippen molar-refractivity contribution in [3.8, 4) is 5.75 Å². The lowest BCUT2D eigenvalue weighted by Crippen LogP contribution is -2.39. The van der Waals surface area contributed by atoms with Gasteiger partial charge in [0, 0.05) is 23.7 Å². The lowest BCUT2D eigenvalue weighted by atomic mass is 9.93. The number of methoxy groups -OCH3 is 1. The molecule has 0 aromatic heterocycles. The molecule has 1 aliphatic heterocycles. The first-order chi connectivity index (χ1) is 9.10. The predicted molar refractivity (Wildman–Crippen MR) is 77.7 cm³/mol. The molecule has 3 nitrogen and oxygen atoms in total. The second kappa shape index (κ2) is 6.60. The Bertz CT molecular complexity index is 423. The molecule has 106 valence electrons.